The van der Waals surface area contributed by atoms with E-state index in [1.807, 2.05) is 16.8 Å². The maximum Gasteiger partial charge on any atom is 0.223 e. The monoisotopic (exact) mass is 291 g/mol. The lowest BCUT2D eigenvalue weighted by molar-refractivity contribution is 0.602. The van der Waals surface area contributed by atoms with Gasteiger partial charge in [-0.05, 0) is 25.3 Å². The van der Waals surface area contributed by atoms with Crippen LogP contribution in [0, 0.1) is 0 Å². The third-order valence-corrected chi connectivity index (χ3v) is 4.64. The van der Waals surface area contributed by atoms with Crippen LogP contribution in [0.4, 0.5) is 11.8 Å². The van der Waals surface area contributed by atoms with Crippen LogP contribution in [0.5, 0.6) is 0 Å². The molecule has 98 valence electrons. The second kappa shape index (κ2) is 4.43. The normalized spacial score (nSPS) is 11.9. The molecule has 0 bridgehead atoms. The molecule has 0 spiro atoms. The van der Waals surface area contributed by atoms with Crippen molar-refractivity contribution in [1.29, 1.82) is 0 Å². The van der Waals surface area contributed by atoms with E-state index in [0.717, 1.165) is 21.0 Å². The Labute approximate surface area is 118 Å². The minimum Gasteiger partial charge on any atom is -0.368 e. The van der Waals surface area contributed by atoms with Gasteiger partial charge in [0.05, 0.1) is 10.9 Å². The van der Waals surface area contributed by atoms with Gasteiger partial charge >= 0.3 is 0 Å². The van der Waals surface area contributed by atoms with Crippen molar-refractivity contribution in [3.05, 3.63) is 28.0 Å². The van der Waals surface area contributed by atoms with Gasteiger partial charge in [-0.15, -0.1) is 22.7 Å². The molecule has 0 aliphatic rings. The SMILES string of the molecule is CC(C)(Nc1nc(N)nc2sccc12)c1nccs1. The summed E-state index contributed by atoms with van der Waals surface area (Å²) in [6.45, 7) is 4.14. The molecule has 0 aliphatic carbocycles. The highest BCUT2D eigenvalue weighted by molar-refractivity contribution is 7.16. The number of anilines is 2. The third kappa shape index (κ3) is 2.26. The molecular formula is C12H13N5S2. The minimum atomic E-state index is -0.302. The Balaban J connectivity index is 2.03. The van der Waals surface area contributed by atoms with Gasteiger partial charge in [-0.3, -0.25) is 0 Å². The maximum atomic E-state index is 5.75. The standard InChI is InChI=1S/C12H13N5S2/c1-12(2,10-14-4-6-19-10)17-8-7-3-5-18-9(7)16-11(13)15-8/h3-6H,1-2H3,(H3,13,15,16,17). The molecule has 0 saturated heterocycles. The first kappa shape index (κ1) is 12.3. The molecule has 3 N–H and O–H groups in total. The summed E-state index contributed by atoms with van der Waals surface area (Å²) < 4.78 is 0. The second-order valence-corrected chi connectivity index (χ2v) is 6.45. The van der Waals surface area contributed by atoms with Crippen LogP contribution in [0.25, 0.3) is 10.2 Å². The summed E-state index contributed by atoms with van der Waals surface area (Å²) in [4.78, 5) is 13.8. The number of hydrogen-bond acceptors (Lipinski definition) is 7. The highest BCUT2D eigenvalue weighted by atomic mass is 32.1. The van der Waals surface area contributed by atoms with E-state index in [4.69, 9.17) is 5.73 Å². The van der Waals surface area contributed by atoms with Crippen LogP contribution in [0.15, 0.2) is 23.0 Å². The highest BCUT2D eigenvalue weighted by Gasteiger charge is 2.24. The summed E-state index contributed by atoms with van der Waals surface area (Å²) in [5.41, 5.74) is 5.45. The average Bonchev–Trinajstić information content (AvgIpc) is 2.98. The highest BCUT2D eigenvalue weighted by Crippen LogP contribution is 2.31. The first-order valence-electron chi connectivity index (χ1n) is 5.75. The molecule has 0 amide bonds. The number of fused-ring (bicyclic) bond motifs is 1. The summed E-state index contributed by atoms with van der Waals surface area (Å²) in [6, 6.07) is 2.00. The van der Waals surface area contributed by atoms with E-state index in [1.54, 1.807) is 28.9 Å². The minimum absolute atomic E-state index is 0.285. The van der Waals surface area contributed by atoms with Gasteiger partial charge in [-0.1, -0.05) is 0 Å². The lowest BCUT2D eigenvalue weighted by Gasteiger charge is -2.24. The van der Waals surface area contributed by atoms with Crippen LogP contribution < -0.4 is 11.1 Å². The predicted molar refractivity (Wildman–Crippen MR) is 80.6 cm³/mol. The molecule has 0 aromatic carbocycles. The Bertz CT molecular complexity index is 702. The molecule has 5 nitrogen and oxygen atoms in total. The number of hydrogen-bond donors (Lipinski definition) is 2. The predicted octanol–water partition coefficient (Wildman–Crippen LogP) is 3.08. The molecule has 3 aromatic heterocycles. The summed E-state index contributed by atoms with van der Waals surface area (Å²) in [5, 5.41) is 9.36. The zero-order valence-corrected chi connectivity index (χ0v) is 12.2. The second-order valence-electron chi connectivity index (χ2n) is 4.66. The summed E-state index contributed by atoms with van der Waals surface area (Å²) in [5.74, 6) is 1.04. The lowest BCUT2D eigenvalue weighted by Crippen LogP contribution is -2.28. The summed E-state index contributed by atoms with van der Waals surface area (Å²) >= 11 is 3.17. The van der Waals surface area contributed by atoms with Gasteiger partial charge in [-0.2, -0.15) is 4.98 Å². The molecule has 0 radical (unpaired) electrons. The Hall–Kier alpha value is -1.73. The quantitative estimate of drug-likeness (QED) is 0.775. The third-order valence-electron chi connectivity index (χ3n) is 2.74. The molecule has 0 atom stereocenters. The van der Waals surface area contributed by atoms with Crippen LogP contribution in [0.3, 0.4) is 0 Å². The number of nitrogens with one attached hydrogen (secondary N) is 1. The number of thiophene rings is 1. The fraction of sp³-hybridized carbons (Fsp3) is 0.250. The fourth-order valence-electron chi connectivity index (χ4n) is 1.85. The van der Waals surface area contributed by atoms with Crippen LogP contribution in [0.1, 0.15) is 18.9 Å². The van der Waals surface area contributed by atoms with Crippen molar-refractivity contribution in [3.8, 4) is 0 Å². The van der Waals surface area contributed by atoms with Gasteiger partial charge in [-0.25, -0.2) is 9.97 Å². The van der Waals surface area contributed by atoms with E-state index < -0.39 is 0 Å². The Morgan fingerprint density at radius 1 is 1.21 bits per heavy atom. The zero-order valence-electron chi connectivity index (χ0n) is 10.5. The molecule has 3 aromatic rings. The lowest BCUT2D eigenvalue weighted by atomic mass is 10.1. The van der Waals surface area contributed by atoms with Crippen LogP contribution in [-0.2, 0) is 5.54 Å². The van der Waals surface area contributed by atoms with E-state index >= 15 is 0 Å². The van der Waals surface area contributed by atoms with Gasteiger partial charge in [0.25, 0.3) is 0 Å². The Kier molecular flexibility index (Phi) is 2.87. The van der Waals surface area contributed by atoms with E-state index in [-0.39, 0.29) is 11.5 Å². The number of aromatic nitrogens is 3. The molecule has 19 heavy (non-hydrogen) atoms. The van der Waals surface area contributed by atoms with E-state index in [1.165, 1.54) is 0 Å². The van der Waals surface area contributed by atoms with Gasteiger partial charge < -0.3 is 11.1 Å². The zero-order chi connectivity index (χ0) is 13.5. The van der Waals surface area contributed by atoms with E-state index in [2.05, 4.69) is 34.1 Å². The first-order chi connectivity index (χ1) is 9.06. The van der Waals surface area contributed by atoms with Gasteiger partial charge in [0.15, 0.2) is 0 Å². The van der Waals surface area contributed by atoms with E-state index in [9.17, 15) is 0 Å². The van der Waals surface area contributed by atoms with Gasteiger partial charge in [0.1, 0.15) is 15.7 Å². The van der Waals surface area contributed by atoms with Crippen LogP contribution >= 0.6 is 22.7 Å². The van der Waals surface area contributed by atoms with Crippen molar-refractivity contribution >= 4 is 44.7 Å². The topological polar surface area (TPSA) is 76.7 Å². The van der Waals surface area contributed by atoms with Crippen molar-refractivity contribution < 1.29 is 0 Å². The number of nitrogens with two attached hydrogens (primary N) is 1. The van der Waals surface area contributed by atoms with Crippen molar-refractivity contribution in [2.75, 3.05) is 11.1 Å². The average molecular weight is 291 g/mol. The fourth-order valence-corrected chi connectivity index (χ4v) is 3.34. The molecular weight excluding hydrogens is 278 g/mol. The number of rotatable bonds is 3. The number of thiazole rings is 1. The molecule has 0 saturated carbocycles. The molecule has 0 fully saturated rings. The summed E-state index contributed by atoms with van der Waals surface area (Å²) in [6.07, 6.45) is 1.80. The molecule has 7 heteroatoms. The molecule has 0 unspecified atom stereocenters. The molecule has 3 heterocycles. The van der Waals surface area contributed by atoms with Gasteiger partial charge in [0, 0.05) is 11.6 Å². The van der Waals surface area contributed by atoms with Crippen LogP contribution in [0.2, 0.25) is 0 Å². The first-order valence-corrected chi connectivity index (χ1v) is 7.51. The van der Waals surface area contributed by atoms with E-state index in [0.29, 0.717) is 0 Å². The van der Waals surface area contributed by atoms with Crippen LogP contribution in [-0.4, -0.2) is 15.0 Å². The number of nitrogen functional groups attached to an aromatic ring is 1. The van der Waals surface area contributed by atoms with Crippen molar-refractivity contribution in [2.24, 2.45) is 0 Å². The summed E-state index contributed by atoms with van der Waals surface area (Å²) in [7, 11) is 0. The molecule has 0 aliphatic heterocycles. The molecule has 3 rings (SSSR count). The van der Waals surface area contributed by atoms with Crippen molar-refractivity contribution in [3.63, 3.8) is 0 Å². The van der Waals surface area contributed by atoms with Crippen molar-refractivity contribution in [1.82, 2.24) is 15.0 Å². The smallest absolute Gasteiger partial charge is 0.223 e. The van der Waals surface area contributed by atoms with Gasteiger partial charge in [0.2, 0.25) is 5.95 Å². The number of nitrogens with zero attached hydrogens (tertiary/aromatic N) is 3. The Morgan fingerprint density at radius 2 is 2.05 bits per heavy atom. The Morgan fingerprint density at radius 3 is 2.79 bits per heavy atom. The largest absolute Gasteiger partial charge is 0.368 e. The van der Waals surface area contributed by atoms with Crippen molar-refractivity contribution in [2.45, 2.75) is 19.4 Å². The maximum absolute atomic E-state index is 5.75.